The molecule has 2 heterocycles. The summed E-state index contributed by atoms with van der Waals surface area (Å²) < 4.78 is 13.1. The van der Waals surface area contributed by atoms with Gasteiger partial charge in [-0.05, 0) is 37.2 Å². The number of pyridine rings is 1. The van der Waals surface area contributed by atoms with Gasteiger partial charge in [-0.1, -0.05) is 11.6 Å². The summed E-state index contributed by atoms with van der Waals surface area (Å²) in [6, 6.07) is 3.62. The number of aromatic nitrogens is 3. The lowest BCUT2D eigenvalue weighted by Gasteiger charge is -2.23. The lowest BCUT2D eigenvalue weighted by Crippen LogP contribution is -2.41. The van der Waals surface area contributed by atoms with Crippen molar-refractivity contribution in [2.45, 2.75) is 19.1 Å². The van der Waals surface area contributed by atoms with Crippen LogP contribution in [0.4, 0.5) is 5.69 Å². The Morgan fingerprint density at radius 1 is 1.59 bits per heavy atom. The van der Waals surface area contributed by atoms with Gasteiger partial charge in [-0.3, -0.25) is 9.78 Å². The van der Waals surface area contributed by atoms with Gasteiger partial charge in [-0.15, -0.1) is 0 Å². The Morgan fingerprint density at radius 2 is 2.32 bits per heavy atom. The molecule has 2 rings (SSSR count). The molecule has 0 aliphatic rings. The Morgan fingerprint density at radius 3 is 2.86 bits per heavy atom. The smallest absolute Gasteiger partial charge is 0.279 e. The predicted molar refractivity (Wildman–Crippen MR) is 87.9 cm³/mol. The summed E-state index contributed by atoms with van der Waals surface area (Å²) in [5.74, 6) is -0.240. The Kier molecular flexibility index (Phi) is 5.44. The first kappa shape index (κ1) is 16.8. The molecule has 2 aromatic rings. The van der Waals surface area contributed by atoms with Crippen LogP contribution in [0.25, 0.3) is 5.69 Å². The number of nitrogens with zero attached hydrogens (tertiary/aromatic N) is 4. The van der Waals surface area contributed by atoms with E-state index in [1.54, 1.807) is 36.3 Å². The molecule has 0 saturated carbocycles. The maximum Gasteiger partial charge on any atom is 0.279 e. The van der Waals surface area contributed by atoms with E-state index in [-0.39, 0.29) is 11.1 Å². The van der Waals surface area contributed by atoms with Gasteiger partial charge in [0, 0.05) is 12.7 Å². The minimum absolute atomic E-state index is 0.216. The molecule has 0 N–H and O–H groups in total. The molecule has 2 unspecified atom stereocenters. The summed E-state index contributed by atoms with van der Waals surface area (Å²) in [6.45, 7) is 3.89. The van der Waals surface area contributed by atoms with E-state index in [1.807, 2.05) is 13.0 Å². The average Bonchev–Trinajstić information content (AvgIpc) is 2.90. The summed E-state index contributed by atoms with van der Waals surface area (Å²) in [6.07, 6.45) is 6.49. The number of anilines is 1. The van der Waals surface area contributed by atoms with Crippen molar-refractivity contribution in [2.75, 3.05) is 17.7 Å². The molecule has 0 aromatic carbocycles. The van der Waals surface area contributed by atoms with E-state index in [2.05, 4.69) is 10.1 Å². The number of rotatable bonds is 5. The summed E-state index contributed by atoms with van der Waals surface area (Å²) in [4.78, 5) is 18.0. The SMILES string of the molecule is CCN(C(=O)C(C)[S+](C)[O-])c1cn(-c2cccnc2)nc1Cl. The van der Waals surface area contributed by atoms with Crippen LogP contribution in [0, 0.1) is 0 Å². The molecule has 0 aliphatic heterocycles. The van der Waals surface area contributed by atoms with Gasteiger partial charge in [0.2, 0.25) is 0 Å². The Bertz CT molecular complexity index is 648. The van der Waals surface area contributed by atoms with Crippen LogP contribution in [-0.4, -0.2) is 43.3 Å². The molecule has 2 aromatic heterocycles. The van der Waals surface area contributed by atoms with Gasteiger partial charge in [0.1, 0.15) is 5.69 Å². The third-order valence-electron chi connectivity index (χ3n) is 3.28. The minimum atomic E-state index is -1.24. The first-order valence-electron chi connectivity index (χ1n) is 6.74. The molecule has 0 bridgehead atoms. The van der Waals surface area contributed by atoms with E-state index in [0.29, 0.717) is 12.2 Å². The van der Waals surface area contributed by atoms with Crippen molar-refractivity contribution in [3.63, 3.8) is 0 Å². The lowest BCUT2D eigenvalue weighted by molar-refractivity contribution is -0.117. The Hall–Kier alpha value is -1.57. The molecule has 1 amide bonds. The molecule has 2 atom stereocenters. The molecule has 0 fully saturated rings. The van der Waals surface area contributed by atoms with E-state index in [9.17, 15) is 9.35 Å². The Balaban J connectivity index is 2.35. The fourth-order valence-corrected chi connectivity index (χ4v) is 2.60. The largest absolute Gasteiger partial charge is 0.616 e. The van der Waals surface area contributed by atoms with Crippen molar-refractivity contribution in [3.8, 4) is 5.69 Å². The lowest BCUT2D eigenvalue weighted by atomic mass is 10.3. The maximum atomic E-state index is 12.4. The first-order chi connectivity index (χ1) is 10.5. The highest BCUT2D eigenvalue weighted by Crippen LogP contribution is 2.27. The fraction of sp³-hybridized carbons (Fsp3) is 0.357. The van der Waals surface area contributed by atoms with E-state index < -0.39 is 16.4 Å². The molecule has 8 heteroatoms. The van der Waals surface area contributed by atoms with Crippen molar-refractivity contribution in [3.05, 3.63) is 35.9 Å². The molecular weight excluding hydrogens is 324 g/mol. The van der Waals surface area contributed by atoms with Crippen LogP contribution in [0.1, 0.15) is 13.8 Å². The van der Waals surface area contributed by atoms with Gasteiger partial charge in [0.15, 0.2) is 10.4 Å². The third-order valence-corrected chi connectivity index (χ3v) is 4.75. The van der Waals surface area contributed by atoms with Gasteiger partial charge in [0.05, 0.1) is 24.3 Å². The Labute approximate surface area is 137 Å². The molecule has 0 spiro atoms. The van der Waals surface area contributed by atoms with Crippen LogP contribution >= 0.6 is 11.6 Å². The predicted octanol–water partition coefficient (Wildman–Crippen LogP) is 2.04. The standard InChI is InChI=1S/C14H17ClN4O2S/c1-4-18(14(20)10(2)22(3)21)12-9-19(17-13(12)15)11-6-5-7-16-8-11/h5-10H,4H2,1-3H3. The van der Waals surface area contributed by atoms with Crippen molar-refractivity contribution < 1.29 is 9.35 Å². The van der Waals surface area contributed by atoms with Crippen LogP contribution in [0.15, 0.2) is 30.7 Å². The van der Waals surface area contributed by atoms with Crippen LogP contribution in [-0.2, 0) is 16.0 Å². The third kappa shape index (κ3) is 3.43. The number of amides is 1. The van der Waals surface area contributed by atoms with Crippen LogP contribution in [0.3, 0.4) is 0 Å². The molecule has 0 saturated heterocycles. The highest BCUT2D eigenvalue weighted by molar-refractivity contribution is 7.92. The zero-order chi connectivity index (χ0) is 16.3. The molecule has 6 nitrogen and oxygen atoms in total. The zero-order valence-electron chi connectivity index (χ0n) is 12.6. The highest BCUT2D eigenvalue weighted by Gasteiger charge is 2.29. The van der Waals surface area contributed by atoms with E-state index in [1.165, 1.54) is 11.2 Å². The van der Waals surface area contributed by atoms with Crippen molar-refractivity contribution in [1.29, 1.82) is 0 Å². The van der Waals surface area contributed by atoms with E-state index in [4.69, 9.17) is 11.6 Å². The molecular formula is C14H17ClN4O2S. The number of carbonyl (C=O) groups excluding carboxylic acids is 1. The van der Waals surface area contributed by atoms with Crippen LogP contribution in [0.5, 0.6) is 0 Å². The van der Waals surface area contributed by atoms with Gasteiger partial charge in [-0.2, -0.15) is 5.10 Å². The van der Waals surface area contributed by atoms with Gasteiger partial charge >= 0.3 is 0 Å². The van der Waals surface area contributed by atoms with Crippen LogP contribution in [0.2, 0.25) is 5.15 Å². The summed E-state index contributed by atoms with van der Waals surface area (Å²) in [7, 11) is 0. The number of halogens is 1. The number of hydrogen-bond acceptors (Lipinski definition) is 4. The van der Waals surface area contributed by atoms with Crippen LogP contribution < -0.4 is 4.90 Å². The second-order valence-electron chi connectivity index (χ2n) is 4.68. The summed E-state index contributed by atoms with van der Waals surface area (Å²) in [5, 5.41) is 3.83. The number of hydrogen-bond donors (Lipinski definition) is 0. The molecule has 22 heavy (non-hydrogen) atoms. The van der Waals surface area contributed by atoms with Crippen molar-refractivity contribution in [2.24, 2.45) is 0 Å². The summed E-state index contributed by atoms with van der Waals surface area (Å²) >= 11 is 4.93. The molecule has 118 valence electrons. The summed E-state index contributed by atoms with van der Waals surface area (Å²) in [5.41, 5.74) is 1.24. The second kappa shape index (κ2) is 7.13. The van der Waals surface area contributed by atoms with Gasteiger partial charge in [-0.25, -0.2) is 4.68 Å². The quantitative estimate of drug-likeness (QED) is 0.781. The topological polar surface area (TPSA) is 74.1 Å². The average molecular weight is 341 g/mol. The first-order valence-corrected chi connectivity index (χ1v) is 8.74. The van der Waals surface area contributed by atoms with E-state index in [0.717, 1.165) is 5.69 Å². The highest BCUT2D eigenvalue weighted by atomic mass is 35.5. The maximum absolute atomic E-state index is 12.4. The normalized spacial score (nSPS) is 13.7. The zero-order valence-corrected chi connectivity index (χ0v) is 14.1. The number of carbonyl (C=O) groups is 1. The van der Waals surface area contributed by atoms with Crippen molar-refractivity contribution in [1.82, 2.24) is 14.8 Å². The molecule has 0 aliphatic carbocycles. The minimum Gasteiger partial charge on any atom is -0.616 e. The van der Waals surface area contributed by atoms with Gasteiger partial charge < -0.3 is 9.45 Å². The van der Waals surface area contributed by atoms with Gasteiger partial charge in [0.25, 0.3) is 5.91 Å². The monoisotopic (exact) mass is 340 g/mol. The fourth-order valence-electron chi connectivity index (χ4n) is 1.95. The van der Waals surface area contributed by atoms with E-state index >= 15 is 0 Å². The molecule has 0 radical (unpaired) electrons. The second-order valence-corrected chi connectivity index (χ2v) is 6.75. The van der Waals surface area contributed by atoms with Crippen molar-refractivity contribution >= 4 is 34.4 Å².